The van der Waals surface area contributed by atoms with Crippen molar-refractivity contribution >= 4 is 17.0 Å². The second-order valence-corrected chi connectivity index (χ2v) is 5.62. The molecule has 2 N–H and O–H groups in total. The van der Waals surface area contributed by atoms with Crippen LogP contribution in [0.3, 0.4) is 0 Å². The van der Waals surface area contributed by atoms with Crippen LogP contribution in [0.5, 0.6) is 0 Å². The number of hydrogen-bond acceptors (Lipinski definition) is 3. The quantitative estimate of drug-likeness (QED) is 0.857. The number of aryl methyl sites for hydroxylation is 1. The van der Waals surface area contributed by atoms with Gasteiger partial charge in [0.25, 0.3) is 0 Å². The summed E-state index contributed by atoms with van der Waals surface area (Å²) in [6.07, 6.45) is 1.72. The summed E-state index contributed by atoms with van der Waals surface area (Å²) in [6.45, 7) is 6.79. The highest BCUT2D eigenvalue weighted by Gasteiger charge is 2.27. The van der Waals surface area contributed by atoms with Crippen LogP contribution in [0.25, 0.3) is 11.0 Å². The molecule has 0 amide bonds. The first-order valence-corrected chi connectivity index (χ1v) is 7.27. The first-order valence-electron chi connectivity index (χ1n) is 7.27. The third-order valence-corrected chi connectivity index (χ3v) is 4.51. The second-order valence-electron chi connectivity index (χ2n) is 5.62. The molecule has 0 saturated carbocycles. The lowest BCUT2D eigenvalue weighted by Crippen LogP contribution is -2.30. The molecule has 21 heavy (non-hydrogen) atoms. The maximum atomic E-state index is 11.1. The van der Waals surface area contributed by atoms with Crippen LogP contribution in [0.4, 0.5) is 0 Å². The minimum absolute atomic E-state index is 0.109. The Kier molecular flexibility index (Phi) is 4.32. The number of fused-ring (bicyclic) bond motifs is 1. The van der Waals surface area contributed by atoms with E-state index in [1.807, 2.05) is 11.5 Å². The lowest BCUT2D eigenvalue weighted by Gasteiger charge is -2.30. The van der Waals surface area contributed by atoms with Crippen LogP contribution in [0, 0.1) is 12.3 Å². The molecule has 2 aromatic rings. The van der Waals surface area contributed by atoms with E-state index in [2.05, 4.69) is 18.8 Å². The summed E-state index contributed by atoms with van der Waals surface area (Å²) in [6, 6.07) is 4.96. The Morgan fingerprint density at radius 3 is 2.52 bits per heavy atom. The van der Waals surface area contributed by atoms with Gasteiger partial charge >= 0.3 is 5.97 Å². The monoisotopic (exact) mass is 290 g/mol. The van der Waals surface area contributed by atoms with Crippen LogP contribution in [0.1, 0.15) is 42.9 Å². The predicted molar refractivity (Wildman–Crippen MR) is 81.5 cm³/mol. The smallest absolute Gasteiger partial charge is 0.335 e. The standard InChI is InChI=1S/C16H22N2O3/c1-4-16(5-2,10-19)9-18-11(3)17-13-7-6-12(15(20)21)8-14(13)18/h6-8,19H,4-5,9-10H2,1-3H3,(H,20,21). The molecule has 0 unspecified atom stereocenters. The largest absolute Gasteiger partial charge is 0.478 e. The minimum Gasteiger partial charge on any atom is -0.478 e. The fourth-order valence-electron chi connectivity index (χ4n) is 2.66. The van der Waals surface area contributed by atoms with Gasteiger partial charge in [0, 0.05) is 12.0 Å². The van der Waals surface area contributed by atoms with Gasteiger partial charge in [0.2, 0.25) is 0 Å². The van der Waals surface area contributed by atoms with E-state index in [0.29, 0.717) is 6.54 Å². The van der Waals surface area contributed by atoms with E-state index in [1.54, 1.807) is 18.2 Å². The molecule has 0 aliphatic carbocycles. The molecule has 1 aromatic carbocycles. The molecule has 0 aliphatic rings. The number of carboxylic acids is 1. The molecule has 2 rings (SSSR count). The number of aliphatic hydroxyl groups excluding tert-OH is 1. The number of benzene rings is 1. The molecule has 0 atom stereocenters. The maximum absolute atomic E-state index is 11.1. The van der Waals surface area contributed by atoms with Crippen LogP contribution in [0.2, 0.25) is 0 Å². The third-order valence-electron chi connectivity index (χ3n) is 4.51. The van der Waals surface area contributed by atoms with Gasteiger partial charge in [0.15, 0.2) is 0 Å². The van der Waals surface area contributed by atoms with Gasteiger partial charge in [-0.1, -0.05) is 13.8 Å². The fraction of sp³-hybridized carbons (Fsp3) is 0.500. The molecule has 0 spiro atoms. The van der Waals surface area contributed by atoms with Gasteiger partial charge in [-0.05, 0) is 38.0 Å². The zero-order valence-electron chi connectivity index (χ0n) is 12.8. The average molecular weight is 290 g/mol. The highest BCUT2D eigenvalue weighted by molar-refractivity contribution is 5.92. The molecular formula is C16H22N2O3. The summed E-state index contributed by atoms with van der Waals surface area (Å²) >= 11 is 0. The molecule has 0 saturated heterocycles. The average Bonchev–Trinajstić information content (AvgIpc) is 2.79. The fourth-order valence-corrected chi connectivity index (χ4v) is 2.66. The van der Waals surface area contributed by atoms with Crippen LogP contribution in [-0.4, -0.2) is 32.3 Å². The number of carbonyl (C=O) groups is 1. The number of carboxylic acid groups (broad SMARTS) is 1. The van der Waals surface area contributed by atoms with Crippen molar-refractivity contribution < 1.29 is 15.0 Å². The molecule has 0 bridgehead atoms. The van der Waals surface area contributed by atoms with Gasteiger partial charge < -0.3 is 14.8 Å². The molecule has 0 fully saturated rings. The zero-order chi connectivity index (χ0) is 15.6. The Morgan fingerprint density at radius 1 is 1.33 bits per heavy atom. The van der Waals surface area contributed by atoms with Crippen LogP contribution in [0.15, 0.2) is 18.2 Å². The first kappa shape index (κ1) is 15.5. The van der Waals surface area contributed by atoms with Gasteiger partial charge in [-0.3, -0.25) is 0 Å². The summed E-state index contributed by atoms with van der Waals surface area (Å²) < 4.78 is 2.02. The SMILES string of the molecule is CCC(CC)(CO)Cn1c(C)nc2ccc(C(=O)O)cc21. The molecule has 114 valence electrons. The van der Waals surface area contributed by atoms with E-state index >= 15 is 0 Å². The molecule has 5 nitrogen and oxygen atoms in total. The number of imidazole rings is 1. The van der Waals surface area contributed by atoms with Crippen LogP contribution < -0.4 is 0 Å². The van der Waals surface area contributed by atoms with Gasteiger partial charge in [-0.2, -0.15) is 0 Å². The molecule has 1 aromatic heterocycles. The van der Waals surface area contributed by atoms with Crippen molar-refractivity contribution in [3.05, 3.63) is 29.6 Å². The summed E-state index contributed by atoms with van der Waals surface area (Å²) in [7, 11) is 0. The van der Waals surface area contributed by atoms with Crippen LogP contribution >= 0.6 is 0 Å². The van der Waals surface area contributed by atoms with E-state index in [1.165, 1.54) is 0 Å². The van der Waals surface area contributed by atoms with E-state index in [0.717, 1.165) is 29.7 Å². The van der Waals surface area contributed by atoms with E-state index in [4.69, 9.17) is 5.11 Å². The van der Waals surface area contributed by atoms with Gasteiger partial charge in [0.1, 0.15) is 5.82 Å². The van der Waals surface area contributed by atoms with Crippen LogP contribution in [-0.2, 0) is 6.54 Å². The Bertz CT molecular complexity index is 649. The molecule has 1 heterocycles. The molecular weight excluding hydrogens is 268 g/mol. The van der Waals surface area contributed by atoms with Crippen molar-refractivity contribution in [2.45, 2.75) is 40.2 Å². The maximum Gasteiger partial charge on any atom is 0.335 e. The van der Waals surface area contributed by atoms with Gasteiger partial charge in [0.05, 0.1) is 23.2 Å². The first-order chi connectivity index (χ1) is 9.96. The van der Waals surface area contributed by atoms with E-state index in [9.17, 15) is 9.90 Å². The van der Waals surface area contributed by atoms with Crippen molar-refractivity contribution in [2.24, 2.45) is 5.41 Å². The molecule has 0 radical (unpaired) electrons. The number of aromatic nitrogens is 2. The predicted octanol–water partition coefficient (Wildman–Crippen LogP) is 2.84. The lowest BCUT2D eigenvalue weighted by atomic mass is 9.83. The Balaban J connectivity index is 2.54. The molecule has 0 aliphatic heterocycles. The number of aromatic carboxylic acids is 1. The zero-order valence-corrected chi connectivity index (χ0v) is 12.8. The number of nitrogens with zero attached hydrogens (tertiary/aromatic N) is 2. The topological polar surface area (TPSA) is 75.3 Å². The van der Waals surface area contributed by atoms with Gasteiger partial charge in [-0.15, -0.1) is 0 Å². The van der Waals surface area contributed by atoms with Crippen molar-refractivity contribution in [3.63, 3.8) is 0 Å². The van der Waals surface area contributed by atoms with Gasteiger partial charge in [-0.25, -0.2) is 9.78 Å². The summed E-state index contributed by atoms with van der Waals surface area (Å²) in [5.41, 5.74) is 1.66. The summed E-state index contributed by atoms with van der Waals surface area (Å²) in [4.78, 5) is 15.6. The van der Waals surface area contributed by atoms with Crippen molar-refractivity contribution in [3.8, 4) is 0 Å². The minimum atomic E-state index is -0.943. The third kappa shape index (κ3) is 2.78. The second kappa shape index (κ2) is 5.85. The van der Waals surface area contributed by atoms with Crippen molar-refractivity contribution in [1.82, 2.24) is 9.55 Å². The Morgan fingerprint density at radius 2 is 2.00 bits per heavy atom. The Hall–Kier alpha value is -1.88. The number of hydrogen-bond donors (Lipinski definition) is 2. The number of aliphatic hydroxyl groups is 1. The molecule has 5 heteroatoms. The van der Waals surface area contributed by atoms with Crippen molar-refractivity contribution in [2.75, 3.05) is 6.61 Å². The summed E-state index contributed by atoms with van der Waals surface area (Å²) in [5, 5.41) is 18.9. The Labute approximate surface area is 124 Å². The normalized spacial score (nSPS) is 12.0. The number of rotatable bonds is 6. The summed E-state index contributed by atoms with van der Waals surface area (Å²) in [5.74, 6) is -0.103. The highest BCUT2D eigenvalue weighted by atomic mass is 16.4. The van der Waals surface area contributed by atoms with Crippen molar-refractivity contribution in [1.29, 1.82) is 0 Å². The van der Waals surface area contributed by atoms with E-state index in [-0.39, 0.29) is 17.6 Å². The highest BCUT2D eigenvalue weighted by Crippen LogP contribution is 2.30. The lowest BCUT2D eigenvalue weighted by molar-refractivity contribution is 0.0697. The van der Waals surface area contributed by atoms with E-state index < -0.39 is 5.97 Å².